The molecule has 3 aromatic rings. The molecule has 14 heteroatoms. The second-order valence-corrected chi connectivity index (χ2v) is 12.0. The molecule has 0 saturated heterocycles. The van der Waals surface area contributed by atoms with Gasteiger partial charge in [0.05, 0.1) is 5.84 Å². The summed E-state index contributed by atoms with van der Waals surface area (Å²) in [7, 11) is 5.65. The van der Waals surface area contributed by atoms with Crippen molar-refractivity contribution in [2.45, 2.75) is 29.8 Å². The van der Waals surface area contributed by atoms with E-state index in [1.165, 1.54) is 12.1 Å². The molecule has 1 heterocycles. The number of aryl methyl sites for hydroxylation is 2. The fourth-order valence-corrected chi connectivity index (χ4v) is 2.97. The molecule has 4 nitrogen and oxygen atoms in total. The second-order valence-electron chi connectivity index (χ2n) is 6.53. The van der Waals surface area contributed by atoms with E-state index in [9.17, 15) is 8.78 Å². The molecule has 3 N–H and O–H groups in total. The van der Waals surface area contributed by atoms with Crippen LogP contribution in [0.4, 0.5) is 8.78 Å². The number of hydrogen-bond donors (Lipinski definition) is 2. The van der Waals surface area contributed by atoms with E-state index in [0.29, 0.717) is 45.2 Å². The highest BCUT2D eigenvalue weighted by molar-refractivity contribution is 8.24. The van der Waals surface area contributed by atoms with Crippen LogP contribution in [0.25, 0.3) is 0 Å². The summed E-state index contributed by atoms with van der Waals surface area (Å²) in [5.74, 6) is 0.363. The molecule has 0 saturated carbocycles. The fourth-order valence-electron chi connectivity index (χ4n) is 2.34. The first-order valence-corrected chi connectivity index (χ1v) is 12.9. The van der Waals surface area contributed by atoms with Gasteiger partial charge in [-0.3, -0.25) is 5.41 Å². The predicted molar refractivity (Wildman–Crippen MR) is 147 cm³/mol. The Kier molecular flexibility index (Phi) is 15.9. The zero-order valence-corrected chi connectivity index (χ0v) is 23.9. The molecule has 0 aliphatic rings. The zero-order chi connectivity index (χ0) is 25.2. The van der Waals surface area contributed by atoms with Crippen molar-refractivity contribution < 1.29 is 8.78 Å². The Bertz CT molecular complexity index is 1060. The van der Waals surface area contributed by atoms with Gasteiger partial charge in [0.2, 0.25) is 4.47 Å². The van der Waals surface area contributed by atoms with Crippen LogP contribution in [0.2, 0.25) is 4.47 Å². The summed E-state index contributed by atoms with van der Waals surface area (Å²) in [6.07, 6.45) is 0.978. The maximum absolute atomic E-state index is 13.0. The van der Waals surface area contributed by atoms with Crippen molar-refractivity contribution in [3.63, 3.8) is 0 Å². The number of halogens is 8. The lowest BCUT2D eigenvalue weighted by Gasteiger charge is -2.01. The Labute approximate surface area is 236 Å². The molecule has 0 atom stereocenters. The number of nitrogens with zero attached hydrogens (tertiary/aromatic N) is 2. The highest BCUT2D eigenvalue weighted by atomic mass is 35.7. The number of rotatable bonds is 4. The van der Waals surface area contributed by atoms with Gasteiger partial charge in [-0.05, 0) is 82.0 Å². The van der Waals surface area contributed by atoms with Crippen LogP contribution in [0.15, 0.2) is 36.4 Å². The first-order valence-electron chi connectivity index (χ1n) is 8.98. The van der Waals surface area contributed by atoms with Gasteiger partial charge >= 0.3 is 0 Å². The van der Waals surface area contributed by atoms with Crippen molar-refractivity contribution in [2.24, 2.45) is 5.73 Å². The maximum atomic E-state index is 13.0. The lowest BCUT2D eigenvalue weighted by atomic mass is 10.1. The zero-order valence-electron chi connectivity index (χ0n) is 17.7. The first kappa shape index (κ1) is 33.4. The summed E-state index contributed by atoms with van der Waals surface area (Å²) in [5.41, 5.74) is 8.29. The average molecular weight is 631 g/mol. The molecular weight excluding hydrogens is 611 g/mol. The number of benzene rings is 2. The van der Waals surface area contributed by atoms with E-state index in [4.69, 9.17) is 68.2 Å². The Morgan fingerprint density at radius 1 is 1.06 bits per heavy atom. The van der Waals surface area contributed by atoms with Gasteiger partial charge in [0.15, 0.2) is 0 Å². The molecule has 2 aromatic carbocycles. The predicted octanol–water partition coefficient (Wildman–Crippen LogP) is 8.47. The molecule has 0 spiro atoms. The van der Waals surface area contributed by atoms with Crippen LogP contribution in [-0.2, 0) is 12.8 Å². The minimum Gasteiger partial charge on any atom is -0.387 e. The quantitative estimate of drug-likeness (QED) is 0.172. The molecule has 0 aliphatic carbocycles. The minimum absolute atomic E-state index is 0. The largest absolute Gasteiger partial charge is 0.387 e. The second kappa shape index (κ2) is 16.2. The van der Waals surface area contributed by atoms with Gasteiger partial charge in [-0.1, -0.05) is 59.1 Å². The van der Waals surface area contributed by atoms with Gasteiger partial charge in [-0.25, -0.2) is 13.8 Å². The van der Waals surface area contributed by atoms with Crippen molar-refractivity contribution in [3.8, 4) is 0 Å². The Morgan fingerprint density at radius 2 is 1.53 bits per heavy atom. The number of hydrogen-bond acceptors (Lipinski definition) is 5. The van der Waals surface area contributed by atoms with Crippen molar-refractivity contribution in [1.82, 2.24) is 9.36 Å². The molecule has 34 heavy (non-hydrogen) atoms. The van der Waals surface area contributed by atoms with E-state index in [2.05, 4.69) is 9.36 Å². The topological polar surface area (TPSA) is 75.7 Å². The van der Waals surface area contributed by atoms with E-state index in [1.807, 2.05) is 0 Å². The van der Waals surface area contributed by atoms with Gasteiger partial charge in [0.1, 0.15) is 17.5 Å². The molecule has 0 aliphatic heterocycles. The normalized spacial score (nSPS) is 10.3. The summed E-state index contributed by atoms with van der Waals surface area (Å²) in [4.78, 5) is 4.04. The summed E-state index contributed by atoms with van der Waals surface area (Å²) in [6.45, 7) is 3.43. The van der Waals surface area contributed by atoms with E-state index in [0.717, 1.165) is 22.7 Å². The molecule has 0 unspecified atom stereocenters. The highest BCUT2D eigenvalue weighted by Gasteiger charge is 2.17. The molecule has 0 fully saturated rings. The van der Waals surface area contributed by atoms with E-state index in [-0.39, 0.29) is 29.9 Å². The number of amidine groups is 1. The van der Waals surface area contributed by atoms with Gasteiger partial charge < -0.3 is 5.73 Å². The molecule has 0 radical (unpaired) electrons. The molecule has 3 rings (SSSR count). The van der Waals surface area contributed by atoms with Gasteiger partial charge in [-0.15, -0.1) is 12.4 Å². The fraction of sp³-hybridized carbons (Fsp3) is 0.250. The van der Waals surface area contributed by atoms with Gasteiger partial charge in [0, 0.05) is 23.8 Å². The van der Waals surface area contributed by atoms with Gasteiger partial charge in [-0.2, -0.15) is 4.37 Å². The van der Waals surface area contributed by atoms with Crippen LogP contribution in [0.5, 0.6) is 0 Å². The van der Waals surface area contributed by atoms with E-state index >= 15 is 0 Å². The Hall–Kier alpha value is -0.580. The number of nitrogens with one attached hydrogen (secondary N) is 1. The summed E-state index contributed by atoms with van der Waals surface area (Å²) in [5, 5.41) is 7.04. The standard InChI is InChI=1S/C10H8ClFN2S.C9H11FN2.CCl4S.ClH/c1-6-4-7(2-3-8(6)12)5-9-13-10(11)15-14-9;1-6-4-7(5-9(11)12)2-3-8(6)10;2-1(3,4)6-5;/h2-4H,5H2,1H3;2-4H,5H2,1H3,(H3,11,12);;1H. The van der Waals surface area contributed by atoms with Crippen LogP contribution >= 0.6 is 92.0 Å². The SMILES string of the molecule is Cc1cc(CC(=N)N)ccc1F.Cc1cc(Cc2nsc(Cl)n2)ccc1F.Cl.ClSC(Cl)(Cl)Cl. The van der Waals surface area contributed by atoms with Crippen molar-refractivity contribution in [2.75, 3.05) is 0 Å². The number of aromatic nitrogens is 2. The maximum Gasteiger partial charge on any atom is 0.251 e. The third-order valence-electron chi connectivity index (χ3n) is 3.73. The lowest BCUT2D eigenvalue weighted by molar-refractivity contribution is 0.617. The molecule has 1 aromatic heterocycles. The molecule has 0 bridgehead atoms. The van der Waals surface area contributed by atoms with Crippen molar-refractivity contribution in [1.29, 1.82) is 5.41 Å². The molecular formula is C20H20Cl6F2N4S2. The third kappa shape index (κ3) is 14.1. The first-order chi connectivity index (χ1) is 15.3. The van der Waals surface area contributed by atoms with Gasteiger partial charge in [0.25, 0.3) is 3.12 Å². The van der Waals surface area contributed by atoms with Crippen LogP contribution < -0.4 is 5.73 Å². The monoisotopic (exact) mass is 628 g/mol. The van der Waals surface area contributed by atoms with E-state index < -0.39 is 3.12 Å². The van der Waals surface area contributed by atoms with Crippen LogP contribution in [-0.4, -0.2) is 18.3 Å². The Balaban J connectivity index is 0.000000517. The smallest absolute Gasteiger partial charge is 0.251 e. The Morgan fingerprint density at radius 3 is 1.91 bits per heavy atom. The third-order valence-corrected chi connectivity index (χ3v) is 6.84. The van der Waals surface area contributed by atoms with Crippen LogP contribution in [0.3, 0.4) is 0 Å². The van der Waals surface area contributed by atoms with E-state index in [1.54, 1.807) is 38.1 Å². The molecule has 0 amide bonds. The average Bonchev–Trinajstić information content (AvgIpc) is 3.12. The highest BCUT2D eigenvalue weighted by Crippen LogP contribution is 2.40. The lowest BCUT2D eigenvalue weighted by Crippen LogP contribution is -2.12. The minimum atomic E-state index is -1.36. The number of nitrogens with two attached hydrogens (primary N) is 1. The number of alkyl halides is 3. The molecule has 188 valence electrons. The summed E-state index contributed by atoms with van der Waals surface area (Å²) >= 11 is 22.1. The van der Waals surface area contributed by atoms with Crippen LogP contribution in [0, 0.1) is 30.9 Å². The van der Waals surface area contributed by atoms with Crippen molar-refractivity contribution in [3.05, 3.63) is 80.6 Å². The summed E-state index contributed by atoms with van der Waals surface area (Å²) < 4.78 is 28.9. The van der Waals surface area contributed by atoms with Crippen LogP contribution in [0.1, 0.15) is 28.1 Å². The van der Waals surface area contributed by atoms with Crippen molar-refractivity contribution >= 4 is 97.8 Å². The summed E-state index contributed by atoms with van der Waals surface area (Å²) in [6, 6.07) is 9.73.